The number of rotatable bonds is 18. The van der Waals surface area contributed by atoms with Crippen molar-refractivity contribution in [1.82, 2.24) is 4.57 Å². The minimum atomic E-state index is -0.599. The zero-order chi connectivity index (χ0) is 81.3. The highest BCUT2D eigenvalue weighted by Crippen LogP contribution is 2.64. The van der Waals surface area contributed by atoms with Gasteiger partial charge in [-0.05, 0) is 271 Å². The van der Waals surface area contributed by atoms with E-state index < -0.39 is 5.41 Å². The van der Waals surface area contributed by atoms with Gasteiger partial charge in [0.15, 0.2) is 0 Å². The second kappa shape index (κ2) is 30.3. The third-order valence-electron chi connectivity index (χ3n) is 24.9. The van der Waals surface area contributed by atoms with Crippen LogP contribution in [-0.4, -0.2) is 4.57 Å². The van der Waals surface area contributed by atoms with Crippen LogP contribution in [0.1, 0.15) is 22.3 Å². The fourth-order valence-corrected chi connectivity index (χ4v) is 19.1. The van der Waals surface area contributed by atoms with E-state index in [1.165, 1.54) is 77.5 Å². The number of hydrogen-bond acceptors (Lipinski definition) is 5. The third-order valence-corrected chi connectivity index (χ3v) is 24.9. The van der Waals surface area contributed by atoms with Crippen LogP contribution < -0.4 is 14.7 Å². The molecule has 3 heterocycles. The molecule has 0 saturated heterocycles. The molecule has 578 valence electrons. The van der Waals surface area contributed by atoms with Gasteiger partial charge < -0.3 is 28.1 Å². The molecule has 1 spiro atoms. The molecule has 6 nitrogen and oxygen atoms in total. The lowest BCUT2D eigenvalue weighted by Crippen LogP contribution is -2.26. The van der Waals surface area contributed by atoms with Gasteiger partial charge in [-0.2, -0.15) is 0 Å². The van der Waals surface area contributed by atoms with Gasteiger partial charge in [-0.15, -0.1) is 0 Å². The molecule has 0 aliphatic heterocycles. The van der Waals surface area contributed by atoms with E-state index in [4.69, 9.17) is 8.83 Å². The Balaban J connectivity index is 0.559. The summed E-state index contributed by atoms with van der Waals surface area (Å²) in [4.78, 5) is 7.10. The lowest BCUT2D eigenvalue weighted by Gasteiger charge is -2.32. The smallest absolute Gasteiger partial charge is 0.134 e. The number of benzene rings is 18. The summed E-state index contributed by atoms with van der Waals surface area (Å²) in [5.74, 6) is 3.33. The first-order chi connectivity index (χ1) is 60.9. The predicted octanol–water partition coefficient (Wildman–Crippen LogP) is 32.1. The first-order valence-electron chi connectivity index (χ1n) is 42.1. The van der Waals surface area contributed by atoms with Crippen LogP contribution in [0.25, 0.3) is 140 Å². The highest BCUT2D eigenvalue weighted by atomic mass is 16.3. The van der Waals surface area contributed by atoms with Crippen LogP contribution in [-0.2, 0) is 5.41 Å². The molecular formula is C117H78N4O2. The summed E-state index contributed by atoms with van der Waals surface area (Å²) in [6.07, 6.45) is 0. The molecule has 1 unspecified atom stereocenters. The molecule has 1 atom stereocenters. The first kappa shape index (κ1) is 72.0. The molecular weight excluding hydrogens is 1490 g/mol. The average molecular weight is 1570 g/mol. The molecule has 2 aliphatic carbocycles. The van der Waals surface area contributed by atoms with Gasteiger partial charge in [-0.1, -0.05) is 291 Å². The maximum absolute atomic E-state index is 6.48. The second-order valence-corrected chi connectivity index (χ2v) is 31.8. The predicted molar refractivity (Wildman–Crippen MR) is 509 cm³/mol. The normalized spacial score (nSPS) is 12.9. The zero-order valence-corrected chi connectivity index (χ0v) is 67.1. The molecule has 0 amide bonds. The topological polar surface area (TPSA) is 40.9 Å². The number of nitrogens with zero attached hydrogens (tertiary/aromatic N) is 4. The maximum atomic E-state index is 6.48. The summed E-state index contributed by atoms with van der Waals surface area (Å²) in [5.41, 5.74) is 35.8. The molecule has 0 N–H and O–H groups in total. The van der Waals surface area contributed by atoms with Gasteiger partial charge in [-0.3, -0.25) is 0 Å². The van der Waals surface area contributed by atoms with Crippen molar-refractivity contribution >= 4 is 73.0 Å². The number of para-hydroxylation sites is 3. The van der Waals surface area contributed by atoms with Gasteiger partial charge >= 0.3 is 0 Å². The summed E-state index contributed by atoms with van der Waals surface area (Å²) < 4.78 is 15.3. The number of aromatic nitrogens is 1. The molecule has 18 aromatic carbocycles. The van der Waals surface area contributed by atoms with Crippen molar-refractivity contribution in [2.45, 2.75) is 5.41 Å². The van der Waals surface area contributed by atoms with E-state index in [-0.39, 0.29) is 0 Å². The fraction of sp³-hybridized carbons (Fsp3) is 0.00855. The van der Waals surface area contributed by atoms with Crippen LogP contribution >= 0.6 is 0 Å². The van der Waals surface area contributed by atoms with Gasteiger partial charge in [0.05, 0.1) is 16.4 Å². The lowest BCUT2D eigenvalue weighted by molar-refractivity contribution is 0.597. The number of hydrogen-bond donors (Lipinski definition) is 0. The van der Waals surface area contributed by atoms with Crippen molar-refractivity contribution in [1.29, 1.82) is 0 Å². The average Bonchev–Trinajstić information content (AvgIpc) is 1.50. The van der Waals surface area contributed by atoms with Crippen molar-refractivity contribution < 1.29 is 8.83 Å². The van der Waals surface area contributed by atoms with Crippen molar-refractivity contribution in [2.24, 2.45) is 0 Å². The number of fused-ring (bicyclic) bond motifs is 13. The molecule has 2 aliphatic rings. The molecule has 0 bridgehead atoms. The molecule has 23 rings (SSSR count). The highest BCUT2D eigenvalue weighted by Gasteiger charge is 2.52. The Morgan fingerprint density at radius 2 is 0.463 bits per heavy atom. The number of furan rings is 2. The van der Waals surface area contributed by atoms with Crippen molar-refractivity contribution in [3.63, 3.8) is 0 Å². The zero-order valence-electron chi connectivity index (χ0n) is 67.1. The third kappa shape index (κ3) is 12.7. The summed E-state index contributed by atoms with van der Waals surface area (Å²) in [6.45, 7) is 0. The Morgan fingerprint density at radius 3 is 0.935 bits per heavy atom. The second-order valence-electron chi connectivity index (χ2n) is 31.8. The van der Waals surface area contributed by atoms with Crippen LogP contribution in [0.2, 0.25) is 0 Å². The SMILES string of the molecule is c1ccc(-c2ccc(N(c3ccc4c(c3)C3(c5ccccc5-c5cc(-c6ccc(-c7ccc(N(c8ccc(-c9ccc(N(c%10ccccc%10)c%10ccc(-c%11ccc(-c%12ccccc%12)o%11)cc%10)cc9)cc8)c8ccc(-c9ccc(-c%10ccccc%10)o9)cc8)cc7)cc6)ccc53)c3ccccc3-4)c3ccc4c5ccccc5n(-c5ccccc5)c4c3)cc2)cc1. The molecule has 0 saturated carbocycles. The minimum absolute atomic E-state index is 0.599. The Labute approximate surface area is 714 Å². The van der Waals surface area contributed by atoms with E-state index in [1.807, 2.05) is 48.5 Å². The maximum Gasteiger partial charge on any atom is 0.134 e. The summed E-state index contributed by atoms with van der Waals surface area (Å²) >= 11 is 0. The van der Waals surface area contributed by atoms with Crippen molar-refractivity contribution in [3.8, 4) is 118 Å². The Morgan fingerprint density at radius 1 is 0.171 bits per heavy atom. The molecule has 3 aromatic heterocycles. The van der Waals surface area contributed by atoms with E-state index >= 15 is 0 Å². The van der Waals surface area contributed by atoms with Gasteiger partial charge in [0.25, 0.3) is 0 Å². The van der Waals surface area contributed by atoms with E-state index in [2.05, 4.69) is 444 Å². The van der Waals surface area contributed by atoms with Crippen LogP contribution in [0.15, 0.2) is 482 Å². The van der Waals surface area contributed by atoms with Crippen molar-refractivity contribution in [3.05, 3.63) is 495 Å². The summed E-state index contributed by atoms with van der Waals surface area (Å²) in [5, 5.41) is 2.44. The minimum Gasteiger partial charge on any atom is -0.456 e. The van der Waals surface area contributed by atoms with Gasteiger partial charge in [0.2, 0.25) is 0 Å². The molecule has 0 radical (unpaired) electrons. The first-order valence-corrected chi connectivity index (χ1v) is 42.1. The van der Waals surface area contributed by atoms with Crippen LogP contribution in [0.4, 0.5) is 51.2 Å². The lowest BCUT2D eigenvalue weighted by atomic mass is 9.70. The molecule has 0 fully saturated rings. The fourth-order valence-electron chi connectivity index (χ4n) is 19.1. The van der Waals surface area contributed by atoms with Crippen LogP contribution in [0, 0.1) is 0 Å². The van der Waals surface area contributed by atoms with E-state index in [0.717, 1.165) is 136 Å². The number of anilines is 9. The van der Waals surface area contributed by atoms with Gasteiger partial charge in [0.1, 0.15) is 23.0 Å². The standard InChI is InChI=1S/C117H78N4O2/c1-6-22-79(23-7-1)81-42-61-98(62-43-81)120(100-68-70-105-104-34-18-21-37-111(104)121(112(105)78-100)92-30-14-5-15-31-92)99-67-69-103-101-32-16-19-35-107(101)117(110(103)77-99)108-36-20-17-33-102(108)106-76-90(54-71-109(106)117)85-40-38-80(39-41-85)82-44-57-94(58-45-82)119(97-65-52-89(53-66-97)116-75-73-114(123-116)87-26-10-3-11-27-87)95-59-48-84(49-60-95)83-46-55-93(56-47-83)118(91-28-12-4-13-29-91)96-63-50-88(51-64-96)115-74-72-113(122-115)86-24-8-2-9-25-86/h1-78H. The largest absolute Gasteiger partial charge is 0.456 e. The molecule has 123 heavy (non-hydrogen) atoms. The van der Waals surface area contributed by atoms with E-state index in [1.54, 1.807) is 0 Å². The van der Waals surface area contributed by atoms with Gasteiger partial charge in [0, 0.05) is 89.9 Å². The molecule has 6 heteroatoms. The van der Waals surface area contributed by atoms with Crippen LogP contribution in [0.3, 0.4) is 0 Å². The highest BCUT2D eigenvalue weighted by molar-refractivity contribution is 6.11. The van der Waals surface area contributed by atoms with Crippen LogP contribution in [0.5, 0.6) is 0 Å². The molecule has 21 aromatic rings. The summed E-state index contributed by atoms with van der Waals surface area (Å²) in [6, 6.07) is 172. The van der Waals surface area contributed by atoms with Crippen molar-refractivity contribution in [2.75, 3.05) is 14.7 Å². The Kier molecular flexibility index (Phi) is 17.7. The van der Waals surface area contributed by atoms with Gasteiger partial charge in [-0.25, -0.2) is 0 Å². The monoisotopic (exact) mass is 1570 g/mol. The van der Waals surface area contributed by atoms with E-state index in [0.29, 0.717) is 0 Å². The van der Waals surface area contributed by atoms with E-state index in [9.17, 15) is 0 Å². The summed E-state index contributed by atoms with van der Waals surface area (Å²) in [7, 11) is 0. The Bertz CT molecular complexity index is 7470. The quantitative estimate of drug-likeness (QED) is 0.0856. The Hall–Kier alpha value is -16.3.